The average molecular weight is 596 g/mol. The molecule has 40 heavy (non-hydrogen) atoms. The second kappa shape index (κ2) is 14.4. The predicted molar refractivity (Wildman–Crippen MR) is 169 cm³/mol. The summed E-state index contributed by atoms with van der Waals surface area (Å²) in [6.45, 7) is 17.8. The van der Waals surface area contributed by atoms with E-state index in [0.717, 1.165) is 38.3 Å². The third kappa shape index (κ3) is 7.03. The van der Waals surface area contributed by atoms with Crippen molar-refractivity contribution < 1.29 is 13.9 Å². The molecule has 0 aliphatic carbocycles. The third-order valence-electron chi connectivity index (χ3n) is 7.77. The number of fused-ring (bicyclic) bond motifs is 4. The zero-order valence-corrected chi connectivity index (χ0v) is 26.1. The molecule has 10 heteroatoms. The van der Waals surface area contributed by atoms with Crippen LogP contribution in [0.5, 0.6) is 5.75 Å². The van der Waals surface area contributed by atoms with Crippen molar-refractivity contribution in [3.05, 3.63) is 46.1 Å². The van der Waals surface area contributed by atoms with E-state index in [1.165, 1.54) is 0 Å². The van der Waals surface area contributed by atoms with Crippen LogP contribution in [0.3, 0.4) is 0 Å². The van der Waals surface area contributed by atoms with Crippen molar-refractivity contribution in [3.63, 3.8) is 0 Å². The summed E-state index contributed by atoms with van der Waals surface area (Å²) in [6.07, 6.45) is 0.504. The van der Waals surface area contributed by atoms with E-state index in [-0.39, 0.29) is 42.2 Å². The van der Waals surface area contributed by atoms with Crippen LogP contribution in [0.4, 0.5) is 5.69 Å². The lowest BCUT2D eigenvalue weighted by atomic mass is 9.87. The first-order valence-corrected chi connectivity index (χ1v) is 13.9. The monoisotopic (exact) mass is 594 g/mol. The molecule has 0 bridgehead atoms. The van der Waals surface area contributed by atoms with Gasteiger partial charge in [0.05, 0.1) is 29.0 Å². The average Bonchev–Trinajstić information content (AvgIpc) is 2.90. The van der Waals surface area contributed by atoms with Gasteiger partial charge in [-0.1, -0.05) is 39.8 Å². The van der Waals surface area contributed by atoms with E-state index in [2.05, 4.69) is 34.3 Å². The molecule has 222 valence electrons. The molecule has 0 saturated heterocycles. The van der Waals surface area contributed by atoms with Crippen molar-refractivity contribution in [2.24, 2.45) is 0 Å². The number of halogens is 2. The minimum Gasteiger partial charge on any atom is -0.485 e. The summed E-state index contributed by atoms with van der Waals surface area (Å²) in [5.41, 5.74) is 1.88. The van der Waals surface area contributed by atoms with Gasteiger partial charge in [0.15, 0.2) is 0 Å². The second-order valence-electron chi connectivity index (χ2n) is 10.5. The fraction of sp³-hybridized carbons (Fsp3) is 0.533. The van der Waals surface area contributed by atoms with Crippen molar-refractivity contribution >= 4 is 58.3 Å². The van der Waals surface area contributed by atoms with Crippen molar-refractivity contribution in [2.45, 2.75) is 59.6 Å². The molecule has 0 spiro atoms. The highest BCUT2D eigenvalue weighted by atomic mass is 35.5. The van der Waals surface area contributed by atoms with Crippen LogP contribution >= 0.6 is 24.8 Å². The number of para-hydroxylation sites is 1. The Kier molecular flexibility index (Phi) is 12.1. The number of amides is 1. The zero-order chi connectivity index (χ0) is 27.4. The number of rotatable bonds is 11. The van der Waals surface area contributed by atoms with Gasteiger partial charge in [-0.15, -0.1) is 24.8 Å². The Balaban J connectivity index is 0.00000280. The smallest absolute Gasteiger partial charge is 0.234 e. The third-order valence-corrected chi connectivity index (χ3v) is 7.77. The number of hydrogen-bond donors (Lipinski definition) is 2. The summed E-state index contributed by atoms with van der Waals surface area (Å²) >= 11 is 0. The first-order valence-electron chi connectivity index (χ1n) is 13.9. The molecule has 2 heterocycles. The number of carbonyl (C=O) groups excluding carboxylic acids is 1. The lowest BCUT2D eigenvalue weighted by Gasteiger charge is -2.41. The highest BCUT2D eigenvalue weighted by Gasteiger charge is 2.40. The highest BCUT2D eigenvalue weighted by Crippen LogP contribution is 2.41. The van der Waals surface area contributed by atoms with Crippen LogP contribution in [0.25, 0.3) is 21.9 Å². The van der Waals surface area contributed by atoms with Crippen LogP contribution < -0.4 is 20.8 Å². The molecule has 1 unspecified atom stereocenters. The second-order valence-corrected chi connectivity index (χ2v) is 10.5. The Hall–Kier alpha value is -2.52. The number of benzene rings is 2. The Morgan fingerprint density at radius 2 is 1.68 bits per heavy atom. The summed E-state index contributed by atoms with van der Waals surface area (Å²) in [5, 5.41) is 7.76. The van der Waals surface area contributed by atoms with Crippen LogP contribution in [0.1, 0.15) is 47.1 Å². The minimum atomic E-state index is -0.644. The van der Waals surface area contributed by atoms with Gasteiger partial charge in [0.2, 0.25) is 11.3 Å². The molecule has 2 aromatic carbocycles. The molecule has 0 radical (unpaired) electrons. The normalized spacial score (nSPS) is 15.8. The molecule has 0 fully saturated rings. The van der Waals surface area contributed by atoms with Gasteiger partial charge in [0.1, 0.15) is 22.5 Å². The van der Waals surface area contributed by atoms with Crippen LogP contribution in [-0.4, -0.2) is 73.2 Å². The van der Waals surface area contributed by atoms with Gasteiger partial charge < -0.3 is 24.7 Å². The standard InChI is InChI=1S/C30H42N4O4.2ClH/c1-7-33(8-2)16-15-31-22-18-24-21(29-27(22)28(36)20-13-11-12-14-23(20)37-29)17-25(30(5,6)38-24)32-26(35)19-34(9-3)10-4;;/h11-14,18,25,31H,7-10,15-17,19H2,1-6H3,(H,32,35);2*1H. The molecule has 1 atom stereocenters. The highest BCUT2D eigenvalue weighted by molar-refractivity contribution is 6.00. The Morgan fingerprint density at radius 1 is 1.02 bits per heavy atom. The van der Waals surface area contributed by atoms with E-state index in [1.807, 2.05) is 52.0 Å². The Labute approximate surface area is 249 Å². The molecular formula is C30H44Cl2N4O4. The van der Waals surface area contributed by atoms with Crippen molar-refractivity contribution in [3.8, 4) is 5.75 Å². The maximum Gasteiger partial charge on any atom is 0.234 e. The minimum absolute atomic E-state index is 0. The summed E-state index contributed by atoms with van der Waals surface area (Å²) in [6, 6.07) is 8.99. The predicted octanol–water partition coefficient (Wildman–Crippen LogP) is 5.08. The number of anilines is 1. The molecule has 0 saturated carbocycles. The van der Waals surface area contributed by atoms with E-state index in [9.17, 15) is 9.59 Å². The number of ether oxygens (including phenoxy) is 1. The number of nitrogens with zero attached hydrogens (tertiary/aromatic N) is 2. The lowest BCUT2D eigenvalue weighted by molar-refractivity contribution is -0.124. The first kappa shape index (κ1) is 33.7. The summed E-state index contributed by atoms with van der Waals surface area (Å²) in [4.78, 5) is 31.1. The largest absolute Gasteiger partial charge is 0.485 e. The van der Waals surface area contributed by atoms with Gasteiger partial charge in [-0.25, -0.2) is 0 Å². The van der Waals surface area contributed by atoms with E-state index in [4.69, 9.17) is 9.15 Å². The van der Waals surface area contributed by atoms with E-state index >= 15 is 0 Å². The van der Waals surface area contributed by atoms with Crippen molar-refractivity contribution in [1.82, 2.24) is 15.1 Å². The molecule has 3 aromatic rings. The molecule has 2 N–H and O–H groups in total. The van der Waals surface area contributed by atoms with Gasteiger partial charge in [0, 0.05) is 31.1 Å². The van der Waals surface area contributed by atoms with Gasteiger partial charge in [-0.05, 0) is 52.2 Å². The van der Waals surface area contributed by atoms with E-state index < -0.39 is 5.60 Å². The lowest BCUT2D eigenvalue weighted by Crippen LogP contribution is -2.57. The van der Waals surface area contributed by atoms with Crippen LogP contribution in [0, 0.1) is 0 Å². The van der Waals surface area contributed by atoms with Gasteiger partial charge >= 0.3 is 0 Å². The Morgan fingerprint density at radius 3 is 2.33 bits per heavy atom. The summed E-state index contributed by atoms with van der Waals surface area (Å²) in [7, 11) is 0. The van der Waals surface area contributed by atoms with Crippen LogP contribution in [0.2, 0.25) is 0 Å². The Bertz CT molecular complexity index is 1350. The van der Waals surface area contributed by atoms with Crippen molar-refractivity contribution in [1.29, 1.82) is 0 Å². The number of nitrogens with one attached hydrogen (secondary N) is 2. The quantitative estimate of drug-likeness (QED) is 0.299. The molecule has 1 amide bonds. The maximum absolute atomic E-state index is 13.8. The summed E-state index contributed by atoms with van der Waals surface area (Å²) in [5.74, 6) is 0.644. The zero-order valence-electron chi connectivity index (χ0n) is 24.5. The molecule has 8 nitrogen and oxygen atoms in total. The van der Waals surface area contributed by atoms with Crippen molar-refractivity contribution in [2.75, 3.05) is 51.1 Å². The maximum atomic E-state index is 13.8. The first-order chi connectivity index (χ1) is 18.2. The number of hydrogen-bond acceptors (Lipinski definition) is 7. The number of likely N-dealkylation sites (N-methyl/N-ethyl adjacent to an activating group) is 2. The van der Waals surface area contributed by atoms with E-state index in [0.29, 0.717) is 52.9 Å². The van der Waals surface area contributed by atoms with Gasteiger partial charge in [-0.2, -0.15) is 0 Å². The van der Waals surface area contributed by atoms with E-state index in [1.54, 1.807) is 6.07 Å². The molecule has 1 aromatic heterocycles. The molecular weight excluding hydrogens is 551 g/mol. The van der Waals surface area contributed by atoms with Gasteiger partial charge in [-0.3, -0.25) is 14.5 Å². The SMILES string of the molecule is CCN(CC)CCNc1cc2c(c3oc4ccccc4c(=O)c13)CC(NC(=O)CN(CC)CC)C(C)(C)O2.Cl.Cl. The molecule has 1 aliphatic rings. The fourth-order valence-electron chi connectivity index (χ4n) is 5.23. The van der Waals surface area contributed by atoms with Crippen LogP contribution in [0.15, 0.2) is 39.5 Å². The number of carbonyl (C=O) groups is 1. The summed E-state index contributed by atoms with van der Waals surface area (Å²) < 4.78 is 12.9. The van der Waals surface area contributed by atoms with Gasteiger partial charge in [0.25, 0.3) is 0 Å². The fourth-order valence-corrected chi connectivity index (χ4v) is 5.23. The topological polar surface area (TPSA) is 87.1 Å². The molecule has 1 aliphatic heterocycles. The van der Waals surface area contributed by atoms with Crippen LogP contribution in [-0.2, 0) is 11.2 Å². The molecule has 4 rings (SSSR count).